The second-order valence-corrected chi connectivity index (χ2v) is 6.42. The van der Waals surface area contributed by atoms with Crippen LogP contribution in [-0.2, 0) is 19.4 Å². The average Bonchev–Trinajstić information content (AvgIpc) is 3.04. The molecule has 1 aliphatic carbocycles. The van der Waals surface area contributed by atoms with Gasteiger partial charge in [-0.15, -0.1) is 0 Å². The third-order valence-electron chi connectivity index (χ3n) is 4.78. The molecule has 6 nitrogen and oxygen atoms in total. The van der Waals surface area contributed by atoms with Crippen LogP contribution in [0, 0.1) is 0 Å². The summed E-state index contributed by atoms with van der Waals surface area (Å²) in [4.78, 5) is 28.2. The summed E-state index contributed by atoms with van der Waals surface area (Å²) in [7, 11) is 0. The van der Waals surface area contributed by atoms with Gasteiger partial charge in [-0.3, -0.25) is 4.79 Å². The summed E-state index contributed by atoms with van der Waals surface area (Å²) in [6, 6.07) is 9.82. The van der Waals surface area contributed by atoms with Crippen LogP contribution in [0.2, 0.25) is 0 Å². The monoisotopic (exact) mass is 350 g/mol. The number of benzene rings is 1. The van der Waals surface area contributed by atoms with Crippen LogP contribution in [0.25, 0.3) is 11.0 Å². The molecule has 6 heteroatoms. The van der Waals surface area contributed by atoms with Gasteiger partial charge in [0.25, 0.3) is 0 Å². The molecule has 1 aromatic carbocycles. The first kappa shape index (κ1) is 16.3. The number of aryl methyl sites for hydroxylation is 1. The van der Waals surface area contributed by atoms with E-state index in [1.54, 1.807) is 16.8 Å². The number of carboxylic acid groups (broad SMARTS) is 1. The molecule has 0 amide bonds. The molecule has 2 aromatic heterocycles. The quantitative estimate of drug-likeness (QED) is 0.782. The fraction of sp³-hybridized carbons (Fsp3) is 0.250. The van der Waals surface area contributed by atoms with Crippen molar-refractivity contribution in [2.45, 2.75) is 32.4 Å². The Hall–Kier alpha value is -3.15. The number of ether oxygens (including phenoxy) is 1. The van der Waals surface area contributed by atoms with E-state index in [0.717, 1.165) is 12.8 Å². The molecule has 0 spiro atoms. The summed E-state index contributed by atoms with van der Waals surface area (Å²) in [6.07, 6.45) is 4.54. The van der Waals surface area contributed by atoms with Gasteiger partial charge in [-0.25, -0.2) is 9.78 Å². The molecule has 0 radical (unpaired) electrons. The molecule has 1 N–H and O–H groups in total. The lowest BCUT2D eigenvalue weighted by Gasteiger charge is -2.14. The normalized spacial score (nSPS) is 13.7. The van der Waals surface area contributed by atoms with Gasteiger partial charge in [0.1, 0.15) is 23.1 Å². The van der Waals surface area contributed by atoms with Crippen LogP contribution in [0.1, 0.15) is 28.4 Å². The van der Waals surface area contributed by atoms with Gasteiger partial charge in [0.2, 0.25) is 5.43 Å². The Morgan fingerprint density at radius 3 is 2.62 bits per heavy atom. The summed E-state index contributed by atoms with van der Waals surface area (Å²) in [6.45, 7) is 2.39. The Kier molecular flexibility index (Phi) is 3.95. The van der Waals surface area contributed by atoms with E-state index in [2.05, 4.69) is 17.1 Å². The van der Waals surface area contributed by atoms with E-state index in [1.165, 1.54) is 17.3 Å². The number of carbonyl (C=O) groups is 1. The lowest BCUT2D eigenvalue weighted by molar-refractivity contribution is 0.0695. The first-order chi connectivity index (χ1) is 12.6. The highest BCUT2D eigenvalue weighted by molar-refractivity contribution is 5.91. The highest BCUT2D eigenvalue weighted by atomic mass is 16.5. The number of hydrogen-bond donors (Lipinski definition) is 1. The Morgan fingerprint density at radius 2 is 2.00 bits per heavy atom. The Balaban J connectivity index is 1.71. The van der Waals surface area contributed by atoms with Crippen LogP contribution < -0.4 is 10.2 Å². The molecular weight excluding hydrogens is 332 g/mol. The molecule has 0 aliphatic heterocycles. The number of pyridine rings is 2. The minimum Gasteiger partial charge on any atom is -0.488 e. The van der Waals surface area contributed by atoms with Gasteiger partial charge in [-0.1, -0.05) is 24.3 Å². The van der Waals surface area contributed by atoms with Crippen molar-refractivity contribution in [3.8, 4) is 5.75 Å². The molecule has 2 heterocycles. The third-order valence-corrected chi connectivity index (χ3v) is 4.78. The second-order valence-electron chi connectivity index (χ2n) is 6.42. The molecule has 0 fully saturated rings. The molecule has 132 valence electrons. The SMILES string of the molecule is CCn1cc(C(=O)O)c(=O)c2cc(OC3Cc4ccccc4C3)cnc21. The van der Waals surface area contributed by atoms with Crippen molar-refractivity contribution in [1.29, 1.82) is 0 Å². The first-order valence-electron chi connectivity index (χ1n) is 8.56. The first-order valence-corrected chi connectivity index (χ1v) is 8.56. The fourth-order valence-electron chi connectivity index (χ4n) is 3.51. The van der Waals surface area contributed by atoms with E-state index in [1.807, 2.05) is 19.1 Å². The van der Waals surface area contributed by atoms with Gasteiger partial charge in [-0.2, -0.15) is 0 Å². The Bertz CT molecular complexity index is 1050. The topological polar surface area (TPSA) is 81.4 Å². The van der Waals surface area contributed by atoms with E-state index in [4.69, 9.17) is 4.74 Å². The molecule has 26 heavy (non-hydrogen) atoms. The van der Waals surface area contributed by atoms with Crippen molar-refractivity contribution in [2.75, 3.05) is 0 Å². The van der Waals surface area contributed by atoms with Crippen LogP contribution in [0.15, 0.2) is 47.5 Å². The maximum atomic E-state index is 12.5. The van der Waals surface area contributed by atoms with Gasteiger partial charge in [0.15, 0.2) is 0 Å². The number of fused-ring (bicyclic) bond motifs is 2. The van der Waals surface area contributed by atoms with Crippen molar-refractivity contribution in [3.05, 3.63) is 69.6 Å². The number of hydrogen-bond acceptors (Lipinski definition) is 4. The Morgan fingerprint density at radius 1 is 1.31 bits per heavy atom. The van der Waals surface area contributed by atoms with Crippen LogP contribution in [0.4, 0.5) is 0 Å². The number of aromatic nitrogens is 2. The zero-order valence-electron chi connectivity index (χ0n) is 14.3. The van der Waals surface area contributed by atoms with Crippen molar-refractivity contribution in [3.63, 3.8) is 0 Å². The summed E-state index contributed by atoms with van der Waals surface area (Å²) >= 11 is 0. The standard InChI is InChI=1S/C20H18N2O4/c1-2-22-11-17(20(24)25)18(23)16-9-15(10-21-19(16)22)26-14-7-12-5-3-4-6-13(12)8-14/h3-6,9-11,14H,2,7-8H2,1H3,(H,24,25). The van der Waals surface area contributed by atoms with Crippen molar-refractivity contribution < 1.29 is 14.6 Å². The molecule has 0 bridgehead atoms. The van der Waals surface area contributed by atoms with Gasteiger partial charge in [0, 0.05) is 25.6 Å². The predicted molar refractivity (Wildman–Crippen MR) is 96.9 cm³/mol. The summed E-state index contributed by atoms with van der Waals surface area (Å²) in [5.74, 6) is -0.755. The van der Waals surface area contributed by atoms with Crippen molar-refractivity contribution >= 4 is 17.0 Å². The van der Waals surface area contributed by atoms with Crippen LogP contribution in [0.5, 0.6) is 5.75 Å². The van der Waals surface area contributed by atoms with Crippen LogP contribution in [0.3, 0.4) is 0 Å². The van der Waals surface area contributed by atoms with Crippen LogP contribution >= 0.6 is 0 Å². The molecule has 3 aromatic rings. The minimum absolute atomic E-state index is 0.0114. The second kappa shape index (κ2) is 6.29. The van der Waals surface area contributed by atoms with E-state index < -0.39 is 11.4 Å². The molecule has 0 saturated carbocycles. The molecule has 0 saturated heterocycles. The molecule has 4 rings (SSSR count). The van der Waals surface area contributed by atoms with Gasteiger partial charge >= 0.3 is 5.97 Å². The summed E-state index contributed by atoms with van der Waals surface area (Å²) in [5, 5.41) is 9.54. The van der Waals surface area contributed by atoms with Gasteiger partial charge < -0.3 is 14.4 Å². The number of carboxylic acids is 1. The number of aromatic carboxylic acids is 1. The average molecular weight is 350 g/mol. The van der Waals surface area contributed by atoms with Gasteiger partial charge in [-0.05, 0) is 24.1 Å². The van der Waals surface area contributed by atoms with Crippen LogP contribution in [-0.4, -0.2) is 26.7 Å². The zero-order valence-corrected chi connectivity index (χ0v) is 14.3. The maximum Gasteiger partial charge on any atom is 0.341 e. The van der Waals surface area contributed by atoms with E-state index in [-0.39, 0.29) is 17.1 Å². The summed E-state index contributed by atoms with van der Waals surface area (Å²) in [5.41, 5.74) is 2.21. The predicted octanol–water partition coefficient (Wildman–Crippen LogP) is 2.66. The minimum atomic E-state index is -1.24. The van der Waals surface area contributed by atoms with E-state index >= 15 is 0 Å². The third kappa shape index (κ3) is 2.73. The van der Waals surface area contributed by atoms with Crippen molar-refractivity contribution in [2.24, 2.45) is 0 Å². The molecule has 0 atom stereocenters. The van der Waals surface area contributed by atoms with E-state index in [0.29, 0.717) is 17.9 Å². The van der Waals surface area contributed by atoms with Gasteiger partial charge in [0.05, 0.1) is 11.6 Å². The largest absolute Gasteiger partial charge is 0.488 e. The maximum absolute atomic E-state index is 12.5. The van der Waals surface area contributed by atoms with E-state index in [9.17, 15) is 14.7 Å². The zero-order chi connectivity index (χ0) is 18.3. The fourth-order valence-corrected chi connectivity index (χ4v) is 3.51. The molecule has 0 unspecified atom stereocenters. The number of rotatable bonds is 4. The number of nitrogens with zero attached hydrogens (tertiary/aromatic N) is 2. The molecule has 1 aliphatic rings. The van der Waals surface area contributed by atoms with Crippen molar-refractivity contribution in [1.82, 2.24) is 9.55 Å². The smallest absolute Gasteiger partial charge is 0.341 e. The lowest BCUT2D eigenvalue weighted by atomic mass is 10.1. The molecular formula is C20H18N2O4. The highest BCUT2D eigenvalue weighted by Crippen LogP contribution is 2.26. The Labute approximate surface area is 149 Å². The summed E-state index contributed by atoms with van der Waals surface area (Å²) < 4.78 is 7.70. The highest BCUT2D eigenvalue weighted by Gasteiger charge is 2.23. The lowest BCUT2D eigenvalue weighted by Crippen LogP contribution is -2.20.